The van der Waals surface area contributed by atoms with Gasteiger partial charge in [-0.2, -0.15) is 5.26 Å². The summed E-state index contributed by atoms with van der Waals surface area (Å²) in [5, 5.41) is 22.8. The van der Waals surface area contributed by atoms with E-state index >= 15 is 0 Å². The summed E-state index contributed by atoms with van der Waals surface area (Å²) in [4.78, 5) is 16.4. The summed E-state index contributed by atoms with van der Waals surface area (Å²) in [5.74, 6) is 0.529. The van der Waals surface area contributed by atoms with Gasteiger partial charge in [-0.1, -0.05) is 13.8 Å². The van der Waals surface area contributed by atoms with E-state index in [9.17, 15) is 19.1 Å². The molecule has 0 bridgehead atoms. The maximum atomic E-state index is 12.4. The highest BCUT2D eigenvalue weighted by Crippen LogP contribution is 2.55. The SMILES string of the molecule is CC1(C)[C@H](Cc2nc(NCc3cncnc3OCC(F)F)ncc2C#N)C[C@]1(C)O. The largest absolute Gasteiger partial charge is 0.471 e. The molecule has 0 aromatic carbocycles. The molecule has 8 nitrogen and oxygen atoms in total. The van der Waals surface area contributed by atoms with Crippen LogP contribution >= 0.6 is 0 Å². The predicted octanol–water partition coefficient (Wildman–Crippen LogP) is 2.73. The number of anilines is 1. The maximum absolute atomic E-state index is 12.4. The van der Waals surface area contributed by atoms with Crippen molar-refractivity contribution in [3.8, 4) is 11.9 Å². The molecule has 0 spiro atoms. The number of nitrogens with one attached hydrogen (secondary N) is 1. The zero-order valence-electron chi connectivity index (χ0n) is 17.1. The van der Waals surface area contributed by atoms with Crippen molar-refractivity contribution in [2.45, 2.75) is 52.2 Å². The number of nitrogens with zero attached hydrogens (tertiary/aromatic N) is 5. The second-order valence-corrected chi connectivity index (χ2v) is 8.18. The number of aromatic nitrogens is 4. The lowest BCUT2D eigenvalue weighted by molar-refractivity contribution is -0.181. The molecule has 2 N–H and O–H groups in total. The zero-order chi connectivity index (χ0) is 21.9. The minimum Gasteiger partial charge on any atom is -0.471 e. The van der Waals surface area contributed by atoms with Crippen LogP contribution in [0.15, 0.2) is 18.7 Å². The molecule has 0 radical (unpaired) electrons. The van der Waals surface area contributed by atoms with Crippen molar-refractivity contribution in [1.82, 2.24) is 19.9 Å². The van der Waals surface area contributed by atoms with Gasteiger partial charge in [-0.05, 0) is 31.1 Å². The predicted molar refractivity (Wildman–Crippen MR) is 104 cm³/mol. The Morgan fingerprint density at radius 2 is 2.10 bits per heavy atom. The smallest absolute Gasteiger partial charge is 0.272 e. The molecule has 1 fully saturated rings. The van der Waals surface area contributed by atoms with Crippen LogP contribution in [0, 0.1) is 22.7 Å². The summed E-state index contributed by atoms with van der Waals surface area (Å²) in [6, 6.07) is 2.11. The molecule has 2 atom stereocenters. The second-order valence-electron chi connectivity index (χ2n) is 8.18. The van der Waals surface area contributed by atoms with Gasteiger partial charge in [-0.15, -0.1) is 0 Å². The summed E-state index contributed by atoms with van der Waals surface area (Å²) in [6.45, 7) is 5.22. The molecule has 30 heavy (non-hydrogen) atoms. The summed E-state index contributed by atoms with van der Waals surface area (Å²) in [6.07, 6.45) is 2.69. The number of hydrogen-bond donors (Lipinski definition) is 2. The van der Waals surface area contributed by atoms with Gasteiger partial charge in [0.15, 0.2) is 6.61 Å². The van der Waals surface area contributed by atoms with Crippen LogP contribution in [0.2, 0.25) is 0 Å². The Balaban J connectivity index is 1.72. The van der Waals surface area contributed by atoms with Crippen LogP contribution in [0.3, 0.4) is 0 Å². The number of halogens is 2. The summed E-state index contributed by atoms with van der Waals surface area (Å²) in [5.41, 5.74) is 0.412. The Morgan fingerprint density at radius 3 is 2.73 bits per heavy atom. The highest BCUT2D eigenvalue weighted by Gasteiger charge is 2.55. The number of hydrogen-bond acceptors (Lipinski definition) is 8. The Labute approximate surface area is 173 Å². The van der Waals surface area contributed by atoms with E-state index in [-0.39, 0.29) is 29.7 Å². The third-order valence-corrected chi connectivity index (χ3v) is 6.01. The fourth-order valence-electron chi connectivity index (χ4n) is 3.53. The van der Waals surface area contributed by atoms with Crippen LogP contribution in [-0.2, 0) is 13.0 Å². The highest BCUT2D eigenvalue weighted by molar-refractivity contribution is 5.38. The van der Waals surface area contributed by atoms with Gasteiger partial charge in [0.1, 0.15) is 12.4 Å². The van der Waals surface area contributed by atoms with E-state index < -0.39 is 18.6 Å². The molecule has 3 rings (SSSR count). The van der Waals surface area contributed by atoms with Gasteiger partial charge in [-0.25, -0.2) is 28.7 Å². The number of nitriles is 1. The Hall–Kier alpha value is -2.93. The quantitative estimate of drug-likeness (QED) is 0.672. The molecular formula is C20H24F2N6O2. The van der Waals surface area contributed by atoms with Gasteiger partial charge >= 0.3 is 0 Å². The lowest BCUT2D eigenvalue weighted by atomic mass is 9.51. The first-order chi connectivity index (χ1) is 14.1. The van der Waals surface area contributed by atoms with Crippen LogP contribution in [-0.4, -0.2) is 43.7 Å². The zero-order valence-corrected chi connectivity index (χ0v) is 17.1. The fraction of sp³-hybridized carbons (Fsp3) is 0.550. The van der Waals surface area contributed by atoms with Crippen LogP contribution in [0.1, 0.15) is 44.0 Å². The molecule has 1 saturated carbocycles. The first-order valence-electron chi connectivity index (χ1n) is 9.56. The topological polar surface area (TPSA) is 117 Å². The first kappa shape index (κ1) is 21.8. The molecule has 1 aliphatic carbocycles. The average molecular weight is 418 g/mol. The summed E-state index contributed by atoms with van der Waals surface area (Å²) >= 11 is 0. The van der Waals surface area contributed by atoms with Gasteiger partial charge in [0.2, 0.25) is 11.8 Å². The van der Waals surface area contributed by atoms with Crippen molar-refractivity contribution in [1.29, 1.82) is 5.26 Å². The second kappa shape index (κ2) is 8.44. The molecule has 2 heterocycles. The molecule has 160 valence electrons. The Kier molecular flexibility index (Phi) is 6.12. The van der Waals surface area contributed by atoms with Gasteiger partial charge in [0, 0.05) is 12.7 Å². The van der Waals surface area contributed by atoms with E-state index in [1.807, 2.05) is 20.8 Å². The van der Waals surface area contributed by atoms with E-state index in [0.717, 1.165) is 0 Å². The van der Waals surface area contributed by atoms with E-state index in [1.54, 1.807) is 0 Å². The number of alkyl halides is 2. The molecule has 0 unspecified atom stereocenters. The third-order valence-electron chi connectivity index (χ3n) is 6.01. The van der Waals surface area contributed by atoms with Crippen LogP contribution in [0.5, 0.6) is 5.88 Å². The minimum absolute atomic E-state index is 0.0603. The van der Waals surface area contributed by atoms with Gasteiger partial charge in [0.05, 0.1) is 28.6 Å². The van der Waals surface area contributed by atoms with Gasteiger partial charge in [-0.3, -0.25) is 0 Å². The van der Waals surface area contributed by atoms with Crippen LogP contribution < -0.4 is 10.1 Å². The molecule has 2 aromatic heterocycles. The fourth-order valence-corrected chi connectivity index (χ4v) is 3.53. The standard InChI is InChI=1S/C20H24F2N6O2/c1-19(2)14(5-20(19,3)29)4-15-12(6-23)8-25-18(28-15)26-9-13-7-24-11-27-17(13)30-10-16(21)22/h7-8,11,14,16,29H,4-5,9-10H2,1-3H3,(H,25,26,28)/t14-,20+/m1/s1. The first-order valence-corrected chi connectivity index (χ1v) is 9.56. The highest BCUT2D eigenvalue weighted by atomic mass is 19.3. The molecule has 0 aliphatic heterocycles. The monoisotopic (exact) mass is 418 g/mol. The summed E-state index contributed by atoms with van der Waals surface area (Å²) < 4.78 is 29.8. The van der Waals surface area contributed by atoms with Crippen molar-refractivity contribution in [2.75, 3.05) is 11.9 Å². The number of rotatable bonds is 8. The van der Waals surface area contributed by atoms with Crippen molar-refractivity contribution in [3.63, 3.8) is 0 Å². The molecule has 2 aromatic rings. The van der Waals surface area contributed by atoms with E-state index in [0.29, 0.717) is 29.7 Å². The van der Waals surface area contributed by atoms with E-state index in [4.69, 9.17) is 4.74 Å². The van der Waals surface area contributed by atoms with E-state index in [1.165, 1.54) is 18.7 Å². The van der Waals surface area contributed by atoms with Gasteiger partial charge in [0.25, 0.3) is 6.43 Å². The van der Waals surface area contributed by atoms with Crippen molar-refractivity contribution in [2.24, 2.45) is 11.3 Å². The molecule has 0 amide bonds. The normalized spacial score (nSPS) is 22.3. The van der Waals surface area contributed by atoms with Crippen molar-refractivity contribution in [3.05, 3.63) is 35.5 Å². The van der Waals surface area contributed by atoms with Crippen LogP contribution in [0.4, 0.5) is 14.7 Å². The van der Waals surface area contributed by atoms with Gasteiger partial charge < -0.3 is 15.2 Å². The average Bonchev–Trinajstić information content (AvgIpc) is 2.70. The molecule has 10 heteroatoms. The molecule has 1 aliphatic rings. The molecular weight excluding hydrogens is 394 g/mol. The minimum atomic E-state index is -2.61. The lowest BCUT2D eigenvalue weighted by Gasteiger charge is -2.57. The summed E-state index contributed by atoms with van der Waals surface area (Å²) in [7, 11) is 0. The number of aliphatic hydroxyl groups is 1. The molecule has 0 saturated heterocycles. The lowest BCUT2D eigenvalue weighted by Crippen LogP contribution is -2.59. The third kappa shape index (κ3) is 4.46. The van der Waals surface area contributed by atoms with Crippen molar-refractivity contribution < 1.29 is 18.6 Å². The van der Waals surface area contributed by atoms with Crippen molar-refractivity contribution >= 4 is 5.95 Å². The number of ether oxygens (including phenoxy) is 1. The van der Waals surface area contributed by atoms with E-state index in [2.05, 4.69) is 31.3 Å². The maximum Gasteiger partial charge on any atom is 0.272 e. The van der Waals surface area contributed by atoms with Crippen LogP contribution in [0.25, 0.3) is 0 Å². The Morgan fingerprint density at radius 1 is 1.33 bits per heavy atom. The Bertz CT molecular complexity index is 945.